The summed E-state index contributed by atoms with van der Waals surface area (Å²) in [6.07, 6.45) is 0. The first-order valence-electron chi connectivity index (χ1n) is 8.68. The van der Waals surface area contributed by atoms with Gasteiger partial charge >= 0.3 is 0 Å². The number of nitrogens with two attached hydrogens (primary N) is 1. The van der Waals surface area contributed by atoms with Crippen molar-refractivity contribution in [1.29, 1.82) is 5.26 Å². The summed E-state index contributed by atoms with van der Waals surface area (Å²) in [6.45, 7) is 3.72. The van der Waals surface area contributed by atoms with E-state index >= 15 is 0 Å². The Balaban J connectivity index is 1.71. The van der Waals surface area contributed by atoms with Crippen LogP contribution >= 0.6 is 11.6 Å². The summed E-state index contributed by atoms with van der Waals surface area (Å²) in [5.74, 6) is 0.803. The van der Waals surface area contributed by atoms with Crippen molar-refractivity contribution in [2.45, 2.75) is 11.4 Å². The number of anilines is 1. The maximum atomic E-state index is 11.5. The smallest absolute Gasteiger partial charge is 0.238 e. The van der Waals surface area contributed by atoms with Crippen molar-refractivity contribution in [3.8, 4) is 11.8 Å². The fourth-order valence-corrected chi connectivity index (χ4v) is 4.05. The number of nitriles is 1. The highest BCUT2D eigenvalue weighted by molar-refractivity contribution is 7.89. The fraction of sp³-hybridized carbons (Fsp3) is 0.316. The lowest BCUT2D eigenvalue weighted by atomic mass is 10.1. The molecule has 0 spiro atoms. The van der Waals surface area contributed by atoms with Crippen LogP contribution in [0.3, 0.4) is 0 Å². The second-order valence-corrected chi connectivity index (χ2v) is 8.55. The molecule has 1 aliphatic rings. The van der Waals surface area contributed by atoms with Crippen LogP contribution in [0.4, 0.5) is 5.69 Å². The molecule has 2 aromatic carbocycles. The zero-order valence-corrected chi connectivity index (χ0v) is 17.0. The maximum absolute atomic E-state index is 11.5. The van der Waals surface area contributed by atoms with Gasteiger partial charge in [-0.05, 0) is 36.4 Å². The minimum atomic E-state index is -3.84. The van der Waals surface area contributed by atoms with Crippen LogP contribution in [0, 0.1) is 11.3 Å². The molecule has 0 amide bonds. The molecule has 0 aliphatic carbocycles. The average Bonchev–Trinajstić information content (AvgIpc) is 2.67. The number of methoxy groups -OCH3 is 1. The van der Waals surface area contributed by atoms with Crippen LogP contribution in [0.25, 0.3) is 0 Å². The standard InChI is InChI=1S/C19H21ClN4O3S/c1-27-19-5-2-16(20)10-15(19)13-23-6-8-24(9-7-23)18-4-3-17(28(22,25)26)11-14(18)12-21/h2-5,10-11H,6-9,13H2,1H3,(H2,22,25,26). The lowest BCUT2D eigenvalue weighted by Crippen LogP contribution is -2.46. The number of hydrogen-bond acceptors (Lipinski definition) is 6. The Morgan fingerprint density at radius 3 is 2.50 bits per heavy atom. The molecule has 1 aliphatic heterocycles. The molecule has 0 atom stereocenters. The first-order chi connectivity index (χ1) is 13.3. The van der Waals surface area contributed by atoms with Gasteiger partial charge in [-0.15, -0.1) is 0 Å². The quantitative estimate of drug-likeness (QED) is 0.795. The number of sulfonamides is 1. The predicted octanol–water partition coefficient (Wildman–Crippen LogP) is 2.19. The molecule has 0 unspecified atom stereocenters. The van der Waals surface area contributed by atoms with Crippen molar-refractivity contribution < 1.29 is 13.2 Å². The summed E-state index contributed by atoms with van der Waals surface area (Å²) in [6, 6.07) is 12.1. The van der Waals surface area contributed by atoms with E-state index in [0.29, 0.717) is 30.2 Å². The van der Waals surface area contributed by atoms with E-state index in [1.165, 1.54) is 12.1 Å². The third-order valence-corrected chi connectivity index (χ3v) is 5.91. The van der Waals surface area contributed by atoms with E-state index in [2.05, 4.69) is 15.9 Å². The van der Waals surface area contributed by atoms with Crippen molar-refractivity contribution >= 4 is 27.3 Å². The lowest BCUT2D eigenvalue weighted by molar-refractivity contribution is 0.246. The van der Waals surface area contributed by atoms with E-state index in [9.17, 15) is 13.7 Å². The van der Waals surface area contributed by atoms with Crippen LogP contribution in [0.2, 0.25) is 5.02 Å². The highest BCUT2D eigenvalue weighted by Gasteiger charge is 2.21. The highest BCUT2D eigenvalue weighted by atomic mass is 35.5. The number of nitrogens with zero attached hydrogens (tertiary/aromatic N) is 3. The molecule has 0 bridgehead atoms. The molecule has 9 heteroatoms. The molecule has 7 nitrogen and oxygen atoms in total. The number of primary sulfonamides is 1. The van der Waals surface area contributed by atoms with Gasteiger partial charge in [-0.1, -0.05) is 11.6 Å². The van der Waals surface area contributed by atoms with Gasteiger partial charge in [-0.3, -0.25) is 4.90 Å². The second kappa shape index (κ2) is 8.37. The lowest BCUT2D eigenvalue weighted by Gasteiger charge is -2.36. The first-order valence-corrected chi connectivity index (χ1v) is 10.6. The summed E-state index contributed by atoms with van der Waals surface area (Å²) in [5, 5.41) is 15.2. The van der Waals surface area contributed by atoms with Crippen LogP contribution in [-0.2, 0) is 16.6 Å². The van der Waals surface area contributed by atoms with Gasteiger partial charge in [0.2, 0.25) is 10.0 Å². The SMILES string of the molecule is COc1ccc(Cl)cc1CN1CCN(c2ccc(S(N)(=O)=O)cc2C#N)CC1. The van der Waals surface area contributed by atoms with E-state index in [1.807, 2.05) is 12.1 Å². The molecule has 0 radical (unpaired) electrons. The molecule has 2 N–H and O–H groups in total. The zero-order chi connectivity index (χ0) is 20.3. The van der Waals surface area contributed by atoms with E-state index in [-0.39, 0.29) is 4.90 Å². The summed E-state index contributed by atoms with van der Waals surface area (Å²) in [5.41, 5.74) is 2.05. The Hall–Kier alpha value is -2.31. The second-order valence-electron chi connectivity index (χ2n) is 6.56. The molecule has 0 aromatic heterocycles. The maximum Gasteiger partial charge on any atom is 0.238 e. The van der Waals surface area contributed by atoms with Crippen LogP contribution in [0.5, 0.6) is 5.75 Å². The van der Waals surface area contributed by atoms with Gasteiger partial charge in [0.05, 0.1) is 23.3 Å². The Morgan fingerprint density at radius 2 is 1.89 bits per heavy atom. The highest BCUT2D eigenvalue weighted by Crippen LogP contribution is 2.27. The van der Waals surface area contributed by atoms with Crippen molar-refractivity contribution in [1.82, 2.24) is 4.90 Å². The topological polar surface area (TPSA) is 99.7 Å². The summed E-state index contributed by atoms with van der Waals surface area (Å²) in [7, 11) is -2.20. The summed E-state index contributed by atoms with van der Waals surface area (Å²) < 4.78 is 28.4. The monoisotopic (exact) mass is 420 g/mol. The van der Waals surface area contributed by atoms with Crippen molar-refractivity contribution in [2.24, 2.45) is 5.14 Å². The van der Waals surface area contributed by atoms with Gasteiger partial charge in [-0.25, -0.2) is 13.6 Å². The molecule has 0 saturated carbocycles. The van der Waals surface area contributed by atoms with Crippen LogP contribution in [0.1, 0.15) is 11.1 Å². The van der Waals surface area contributed by atoms with Crippen molar-refractivity contribution in [2.75, 3.05) is 38.2 Å². The van der Waals surface area contributed by atoms with Gasteiger partial charge in [0.25, 0.3) is 0 Å². The minimum absolute atomic E-state index is 0.0560. The zero-order valence-electron chi connectivity index (χ0n) is 15.4. The Bertz CT molecular complexity index is 1010. The molecule has 1 heterocycles. The fourth-order valence-electron chi connectivity index (χ4n) is 3.32. The number of halogens is 1. The minimum Gasteiger partial charge on any atom is -0.496 e. The van der Waals surface area contributed by atoms with Gasteiger partial charge in [-0.2, -0.15) is 5.26 Å². The van der Waals surface area contributed by atoms with Crippen LogP contribution < -0.4 is 14.8 Å². The molecular weight excluding hydrogens is 400 g/mol. The Kier molecular flexibility index (Phi) is 6.10. The number of piperazine rings is 1. The van der Waals surface area contributed by atoms with Crippen molar-refractivity contribution in [3.63, 3.8) is 0 Å². The van der Waals surface area contributed by atoms with Gasteiger partial charge in [0, 0.05) is 43.3 Å². The largest absolute Gasteiger partial charge is 0.496 e. The van der Waals surface area contributed by atoms with E-state index in [0.717, 1.165) is 30.1 Å². The normalized spacial score (nSPS) is 15.3. The van der Waals surface area contributed by atoms with E-state index < -0.39 is 10.0 Å². The first kappa shape index (κ1) is 20.4. The predicted molar refractivity (Wildman–Crippen MR) is 108 cm³/mol. The molecule has 1 fully saturated rings. The molecular formula is C19H21ClN4O3S. The van der Waals surface area contributed by atoms with Gasteiger partial charge < -0.3 is 9.64 Å². The van der Waals surface area contributed by atoms with Gasteiger partial charge in [0.1, 0.15) is 11.8 Å². The van der Waals surface area contributed by atoms with Crippen molar-refractivity contribution in [3.05, 3.63) is 52.5 Å². The summed E-state index contributed by atoms with van der Waals surface area (Å²) in [4.78, 5) is 4.31. The molecule has 2 aromatic rings. The van der Waals surface area contributed by atoms with Gasteiger partial charge in [0.15, 0.2) is 0 Å². The number of benzene rings is 2. The number of rotatable bonds is 5. The number of hydrogen-bond donors (Lipinski definition) is 1. The Morgan fingerprint density at radius 1 is 1.18 bits per heavy atom. The average molecular weight is 421 g/mol. The molecule has 28 heavy (non-hydrogen) atoms. The third-order valence-electron chi connectivity index (χ3n) is 4.77. The van der Waals surface area contributed by atoms with Crippen LogP contribution in [0.15, 0.2) is 41.3 Å². The molecule has 1 saturated heterocycles. The molecule has 148 valence electrons. The molecule has 3 rings (SSSR count). The summed E-state index contributed by atoms with van der Waals surface area (Å²) >= 11 is 6.11. The van der Waals surface area contributed by atoms with E-state index in [4.69, 9.17) is 21.5 Å². The van der Waals surface area contributed by atoms with E-state index in [1.54, 1.807) is 19.2 Å². The van der Waals surface area contributed by atoms with Crippen LogP contribution in [-0.4, -0.2) is 46.6 Å². The third kappa shape index (κ3) is 4.56. The Labute approximate surface area is 169 Å². The number of ether oxygens (including phenoxy) is 1.